The topological polar surface area (TPSA) is 60.6 Å². The highest BCUT2D eigenvalue weighted by molar-refractivity contribution is 5.98. The normalized spacial score (nSPS) is 14.3. The van der Waals surface area contributed by atoms with Gasteiger partial charge >= 0.3 is 0 Å². The van der Waals surface area contributed by atoms with Crippen molar-refractivity contribution in [3.63, 3.8) is 0 Å². The third-order valence-electron chi connectivity index (χ3n) is 6.21. The molecular formula is C26H29ClN4O2. The van der Waals surface area contributed by atoms with Crippen LogP contribution in [0.25, 0.3) is 21.8 Å². The van der Waals surface area contributed by atoms with Crippen molar-refractivity contribution < 1.29 is 26.8 Å². The first-order valence-electron chi connectivity index (χ1n) is 11.4. The summed E-state index contributed by atoms with van der Waals surface area (Å²) in [6.45, 7) is 6.09. The summed E-state index contributed by atoms with van der Waals surface area (Å²) < 4.78 is 7.50. The number of halogens is 1. The molecule has 0 saturated carbocycles. The van der Waals surface area contributed by atoms with Crippen LogP contribution in [0.5, 0.6) is 0 Å². The number of amides is 1. The fraction of sp³-hybridized carbons (Fsp3) is 0.308. The zero-order chi connectivity index (χ0) is 21.8. The van der Waals surface area contributed by atoms with E-state index in [1.807, 2.05) is 42.5 Å². The highest BCUT2D eigenvalue weighted by Crippen LogP contribution is 2.22. The second kappa shape index (κ2) is 10.8. The van der Waals surface area contributed by atoms with E-state index in [1.165, 1.54) is 0 Å². The van der Waals surface area contributed by atoms with Gasteiger partial charge in [-0.15, -0.1) is 0 Å². The van der Waals surface area contributed by atoms with E-state index in [9.17, 15) is 4.79 Å². The first-order chi connectivity index (χ1) is 15.8. The first-order valence-corrected chi connectivity index (χ1v) is 11.4. The van der Waals surface area contributed by atoms with Crippen molar-refractivity contribution >= 4 is 27.7 Å². The Morgan fingerprint density at radius 1 is 1.00 bits per heavy atom. The van der Waals surface area contributed by atoms with E-state index in [2.05, 4.69) is 34.1 Å². The number of benzene rings is 2. The molecule has 0 spiro atoms. The van der Waals surface area contributed by atoms with Crippen LogP contribution in [-0.4, -0.2) is 54.9 Å². The van der Waals surface area contributed by atoms with Crippen LogP contribution >= 0.6 is 0 Å². The molecule has 1 aliphatic heterocycles. The molecule has 6 nitrogen and oxygen atoms in total. The molecule has 5 rings (SSSR count). The molecule has 0 bridgehead atoms. The molecule has 2 N–H and O–H groups in total. The van der Waals surface area contributed by atoms with Gasteiger partial charge in [-0.3, -0.25) is 9.78 Å². The monoisotopic (exact) mass is 464 g/mol. The van der Waals surface area contributed by atoms with E-state index < -0.39 is 0 Å². The quantitative estimate of drug-likeness (QED) is 0.355. The summed E-state index contributed by atoms with van der Waals surface area (Å²) in [5.74, 6) is -0.0287. The molecule has 0 atom stereocenters. The second-order valence-corrected chi connectivity index (χ2v) is 8.39. The number of ether oxygens (including phenoxy) is 1. The average molecular weight is 465 g/mol. The third-order valence-corrected chi connectivity index (χ3v) is 6.21. The number of fused-ring (bicyclic) bond motifs is 2. The van der Waals surface area contributed by atoms with E-state index >= 15 is 0 Å². The van der Waals surface area contributed by atoms with Crippen LogP contribution in [0, 0.1) is 0 Å². The Morgan fingerprint density at radius 2 is 1.76 bits per heavy atom. The predicted octanol–water partition coefficient (Wildman–Crippen LogP) is -0.723. The molecule has 1 fully saturated rings. The lowest BCUT2D eigenvalue weighted by atomic mass is 10.2. The number of carbonyl (C=O) groups is 1. The van der Waals surface area contributed by atoms with Gasteiger partial charge < -0.3 is 31.9 Å². The van der Waals surface area contributed by atoms with E-state index in [0.717, 1.165) is 66.8 Å². The minimum atomic E-state index is -0.0287. The maximum atomic E-state index is 13.1. The summed E-state index contributed by atoms with van der Waals surface area (Å²) in [5, 5.41) is 5.32. The Morgan fingerprint density at radius 3 is 2.61 bits per heavy atom. The van der Waals surface area contributed by atoms with Crippen LogP contribution < -0.4 is 22.6 Å². The maximum absolute atomic E-state index is 13.1. The van der Waals surface area contributed by atoms with Crippen molar-refractivity contribution in [2.75, 3.05) is 39.4 Å². The average Bonchev–Trinajstić information content (AvgIpc) is 3.21. The van der Waals surface area contributed by atoms with E-state index in [-0.39, 0.29) is 18.3 Å². The number of pyridine rings is 1. The molecule has 2 aromatic carbocycles. The number of morpholine rings is 1. The van der Waals surface area contributed by atoms with Crippen LogP contribution in [0.1, 0.15) is 22.6 Å². The van der Waals surface area contributed by atoms with Gasteiger partial charge in [-0.25, -0.2) is 0 Å². The highest BCUT2D eigenvalue weighted by atomic mass is 35.5. The summed E-state index contributed by atoms with van der Waals surface area (Å²) in [4.78, 5) is 19.5. The van der Waals surface area contributed by atoms with Crippen molar-refractivity contribution in [1.82, 2.24) is 14.9 Å². The largest absolute Gasteiger partial charge is 1.00 e. The number of hydrogen-bond donors (Lipinski definition) is 2. The lowest BCUT2D eigenvalue weighted by Gasteiger charge is -2.23. The van der Waals surface area contributed by atoms with Crippen LogP contribution in [0.3, 0.4) is 0 Å². The van der Waals surface area contributed by atoms with Gasteiger partial charge in [0, 0.05) is 29.3 Å². The fourth-order valence-corrected chi connectivity index (χ4v) is 4.47. The van der Waals surface area contributed by atoms with Crippen molar-refractivity contribution in [3.8, 4) is 0 Å². The van der Waals surface area contributed by atoms with Gasteiger partial charge in [0.25, 0.3) is 5.91 Å². The van der Waals surface area contributed by atoms with Gasteiger partial charge in [0.15, 0.2) is 0 Å². The summed E-state index contributed by atoms with van der Waals surface area (Å²) in [6, 6.07) is 22.4. The molecule has 0 unspecified atom stereocenters. The second-order valence-electron chi connectivity index (χ2n) is 8.39. The minimum Gasteiger partial charge on any atom is -1.00 e. The lowest BCUT2D eigenvalue weighted by Crippen LogP contribution is -3.14. The van der Waals surface area contributed by atoms with Crippen LogP contribution in [0.4, 0.5) is 0 Å². The van der Waals surface area contributed by atoms with Gasteiger partial charge in [0.1, 0.15) is 18.8 Å². The van der Waals surface area contributed by atoms with Gasteiger partial charge in [-0.2, -0.15) is 0 Å². The number of carbonyl (C=O) groups excluding carboxylic acids is 1. The molecule has 0 radical (unpaired) electrons. The number of para-hydroxylation sites is 2. The van der Waals surface area contributed by atoms with Crippen molar-refractivity contribution in [2.45, 2.75) is 13.0 Å². The van der Waals surface area contributed by atoms with Gasteiger partial charge in [0.05, 0.1) is 37.5 Å². The fourth-order valence-electron chi connectivity index (χ4n) is 4.47. The molecule has 0 aliphatic carbocycles. The molecule has 7 heteroatoms. The van der Waals surface area contributed by atoms with Crippen molar-refractivity contribution in [2.24, 2.45) is 0 Å². The maximum Gasteiger partial charge on any atom is 0.267 e. The first kappa shape index (κ1) is 23.2. The van der Waals surface area contributed by atoms with E-state index in [0.29, 0.717) is 18.8 Å². The predicted molar refractivity (Wildman–Crippen MR) is 126 cm³/mol. The number of hydrogen-bond acceptors (Lipinski definition) is 3. The van der Waals surface area contributed by atoms with Gasteiger partial charge in [0.2, 0.25) is 0 Å². The molecule has 2 aromatic heterocycles. The Labute approximate surface area is 200 Å². The Bertz CT molecular complexity index is 1230. The summed E-state index contributed by atoms with van der Waals surface area (Å²) in [5.41, 5.74) is 3.64. The number of aromatic nitrogens is 2. The zero-order valence-corrected chi connectivity index (χ0v) is 19.4. The molecule has 3 heterocycles. The highest BCUT2D eigenvalue weighted by Gasteiger charge is 2.17. The Balaban J connectivity index is 0.00000259. The molecule has 4 aromatic rings. The van der Waals surface area contributed by atoms with E-state index in [1.54, 1.807) is 4.90 Å². The van der Waals surface area contributed by atoms with Crippen molar-refractivity contribution in [3.05, 3.63) is 78.1 Å². The Kier molecular flexibility index (Phi) is 7.60. The Hall–Kier alpha value is -2.93. The molecule has 1 amide bonds. The SMILES string of the molecule is O=C(NCCC[NH+]1CCOCC1)c1cc2ccccc2n1Cc1ccc2ccccc2n1.[Cl-]. The minimum absolute atomic E-state index is 0. The molecule has 1 aliphatic rings. The van der Waals surface area contributed by atoms with Crippen LogP contribution in [0.2, 0.25) is 0 Å². The van der Waals surface area contributed by atoms with Gasteiger partial charge in [-0.1, -0.05) is 42.5 Å². The van der Waals surface area contributed by atoms with Crippen molar-refractivity contribution in [1.29, 1.82) is 0 Å². The summed E-state index contributed by atoms with van der Waals surface area (Å²) >= 11 is 0. The summed E-state index contributed by atoms with van der Waals surface area (Å²) in [6.07, 6.45) is 0.966. The zero-order valence-electron chi connectivity index (χ0n) is 18.6. The molecule has 33 heavy (non-hydrogen) atoms. The summed E-state index contributed by atoms with van der Waals surface area (Å²) in [7, 11) is 0. The number of nitrogens with one attached hydrogen (secondary N) is 2. The molecule has 172 valence electrons. The van der Waals surface area contributed by atoms with E-state index in [4.69, 9.17) is 9.72 Å². The molecule has 1 saturated heterocycles. The number of rotatable bonds is 7. The lowest BCUT2D eigenvalue weighted by molar-refractivity contribution is -0.908. The smallest absolute Gasteiger partial charge is 0.267 e. The molecular weight excluding hydrogens is 436 g/mol. The third kappa shape index (κ3) is 5.36. The standard InChI is InChI=1S/C26H28N4O2.ClH/c31-26(27-12-5-13-29-14-16-32-17-15-29)25-18-21-7-2-4-9-24(21)30(25)19-22-11-10-20-6-1-3-8-23(20)28-22;/h1-4,6-11,18H,5,12-17,19H2,(H,27,31);1H. The number of nitrogens with zero attached hydrogens (tertiary/aromatic N) is 2. The van der Waals surface area contributed by atoms with Crippen LogP contribution in [0.15, 0.2) is 66.7 Å². The van der Waals surface area contributed by atoms with Crippen LogP contribution in [-0.2, 0) is 11.3 Å². The number of quaternary nitrogens is 1. The van der Waals surface area contributed by atoms with Gasteiger partial charge in [-0.05, 0) is 24.3 Å².